The molecule has 100 valence electrons. The minimum Gasteiger partial charge on any atom is -0.461 e. The first-order valence-electron chi connectivity index (χ1n) is 5.87. The Morgan fingerprint density at radius 1 is 1.37 bits per heavy atom. The van der Waals surface area contributed by atoms with Gasteiger partial charge in [-0.15, -0.1) is 0 Å². The molecule has 0 bridgehead atoms. The van der Waals surface area contributed by atoms with Crippen LogP contribution in [0.4, 0.5) is 0 Å². The number of hydrogen-bond acceptors (Lipinski definition) is 5. The van der Waals surface area contributed by atoms with Crippen molar-refractivity contribution in [3.63, 3.8) is 0 Å². The SMILES string of the molecule is O=C(CCC1NC(=S)SC1=O)OCc1ccccc1. The molecule has 0 aromatic heterocycles. The first-order valence-corrected chi connectivity index (χ1v) is 7.09. The largest absolute Gasteiger partial charge is 0.461 e. The zero-order valence-corrected chi connectivity index (χ0v) is 11.8. The summed E-state index contributed by atoms with van der Waals surface area (Å²) in [5, 5.41) is 2.84. The standard InChI is InChI=1S/C13H13NO3S2/c15-11(17-8-9-4-2-1-3-5-9)7-6-10-12(16)19-13(18)14-10/h1-5,10H,6-8H2,(H,14,18). The molecule has 2 rings (SSSR count). The van der Waals surface area contributed by atoms with Crippen LogP contribution in [-0.2, 0) is 20.9 Å². The molecule has 1 N–H and O–H groups in total. The van der Waals surface area contributed by atoms with E-state index in [1.165, 1.54) is 0 Å². The molecule has 0 spiro atoms. The number of thioether (sulfide) groups is 1. The lowest BCUT2D eigenvalue weighted by Crippen LogP contribution is -2.29. The molecule has 1 atom stereocenters. The van der Waals surface area contributed by atoms with Gasteiger partial charge >= 0.3 is 5.97 Å². The van der Waals surface area contributed by atoms with Crippen molar-refractivity contribution in [1.82, 2.24) is 5.32 Å². The molecule has 1 aliphatic rings. The summed E-state index contributed by atoms with van der Waals surface area (Å²) in [6.45, 7) is 0.263. The van der Waals surface area contributed by atoms with E-state index in [4.69, 9.17) is 17.0 Å². The van der Waals surface area contributed by atoms with Gasteiger partial charge in [0.2, 0.25) is 5.12 Å². The van der Waals surface area contributed by atoms with E-state index in [-0.39, 0.29) is 30.2 Å². The van der Waals surface area contributed by atoms with Crippen LogP contribution < -0.4 is 5.32 Å². The summed E-state index contributed by atoms with van der Waals surface area (Å²) >= 11 is 5.90. The number of carbonyl (C=O) groups is 2. The minimum absolute atomic E-state index is 0.0270. The van der Waals surface area contributed by atoms with Crippen molar-refractivity contribution in [1.29, 1.82) is 0 Å². The molecule has 4 nitrogen and oxygen atoms in total. The number of hydrogen-bond donors (Lipinski definition) is 1. The van der Waals surface area contributed by atoms with Gasteiger partial charge in [0, 0.05) is 6.42 Å². The van der Waals surface area contributed by atoms with Gasteiger partial charge in [-0.25, -0.2) is 0 Å². The van der Waals surface area contributed by atoms with Crippen LogP contribution in [0.15, 0.2) is 30.3 Å². The summed E-state index contributed by atoms with van der Waals surface area (Å²) in [6.07, 6.45) is 0.624. The van der Waals surface area contributed by atoms with E-state index >= 15 is 0 Å². The second-order valence-corrected chi connectivity index (χ2v) is 5.77. The van der Waals surface area contributed by atoms with Crippen LogP contribution in [0.2, 0.25) is 0 Å². The molecule has 1 aromatic rings. The molecule has 1 saturated heterocycles. The predicted octanol–water partition coefficient (Wildman–Crippen LogP) is 2.03. The summed E-state index contributed by atoms with van der Waals surface area (Å²) in [7, 11) is 0. The van der Waals surface area contributed by atoms with Crippen LogP contribution in [-0.4, -0.2) is 21.4 Å². The third-order valence-corrected chi connectivity index (χ3v) is 3.81. The van der Waals surface area contributed by atoms with Gasteiger partial charge < -0.3 is 10.1 Å². The van der Waals surface area contributed by atoms with Gasteiger partial charge in [-0.3, -0.25) is 9.59 Å². The van der Waals surface area contributed by atoms with E-state index < -0.39 is 0 Å². The van der Waals surface area contributed by atoms with Crippen LogP contribution in [0.1, 0.15) is 18.4 Å². The summed E-state index contributed by atoms with van der Waals surface area (Å²) < 4.78 is 5.61. The predicted molar refractivity (Wildman–Crippen MR) is 77.6 cm³/mol. The maximum Gasteiger partial charge on any atom is 0.306 e. The van der Waals surface area contributed by atoms with E-state index in [0.717, 1.165) is 17.3 Å². The van der Waals surface area contributed by atoms with Crippen molar-refractivity contribution in [3.05, 3.63) is 35.9 Å². The molecular formula is C13H13NO3S2. The van der Waals surface area contributed by atoms with Gasteiger partial charge in [0.15, 0.2) is 0 Å². The molecule has 1 unspecified atom stereocenters. The van der Waals surface area contributed by atoms with Crippen molar-refractivity contribution >= 4 is 39.4 Å². The average molecular weight is 295 g/mol. The fourth-order valence-corrected chi connectivity index (χ4v) is 2.75. The van der Waals surface area contributed by atoms with Crippen LogP contribution >= 0.6 is 24.0 Å². The summed E-state index contributed by atoms with van der Waals surface area (Å²) in [6, 6.07) is 9.12. The number of benzene rings is 1. The maximum atomic E-state index is 11.6. The Morgan fingerprint density at radius 3 is 2.74 bits per heavy atom. The Balaban J connectivity index is 1.70. The van der Waals surface area contributed by atoms with E-state index in [0.29, 0.717) is 10.7 Å². The Bertz CT molecular complexity index is 490. The number of carbonyl (C=O) groups excluding carboxylic acids is 2. The molecule has 6 heteroatoms. The molecule has 19 heavy (non-hydrogen) atoms. The quantitative estimate of drug-likeness (QED) is 0.662. The van der Waals surface area contributed by atoms with E-state index in [1.54, 1.807) is 0 Å². The van der Waals surface area contributed by atoms with Crippen LogP contribution in [0.25, 0.3) is 0 Å². The molecule has 0 radical (unpaired) electrons. The lowest BCUT2D eigenvalue weighted by Gasteiger charge is -2.08. The van der Waals surface area contributed by atoms with Gasteiger partial charge in [-0.2, -0.15) is 0 Å². The Labute approximate surface area is 120 Å². The zero-order chi connectivity index (χ0) is 13.7. The third kappa shape index (κ3) is 4.33. The smallest absolute Gasteiger partial charge is 0.306 e. The highest BCUT2D eigenvalue weighted by Crippen LogP contribution is 2.19. The summed E-state index contributed by atoms with van der Waals surface area (Å²) in [4.78, 5) is 23.0. The normalized spacial score (nSPS) is 18.2. The van der Waals surface area contributed by atoms with Gasteiger partial charge in [0.1, 0.15) is 10.9 Å². The number of thiocarbonyl (C=S) groups is 1. The lowest BCUT2D eigenvalue weighted by atomic mass is 10.2. The lowest BCUT2D eigenvalue weighted by molar-refractivity contribution is -0.145. The highest BCUT2D eigenvalue weighted by Gasteiger charge is 2.28. The van der Waals surface area contributed by atoms with Gasteiger partial charge in [0.05, 0.1) is 6.04 Å². The van der Waals surface area contributed by atoms with E-state index in [9.17, 15) is 9.59 Å². The second kappa shape index (κ2) is 6.68. The van der Waals surface area contributed by atoms with Crippen LogP contribution in [0.5, 0.6) is 0 Å². The molecular weight excluding hydrogens is 282 g/mol. The average Bonchev–Trinajstić information content (AvgIpc) is 2.73. The fraction of sp³-hybridized carbons (Fsp3) is 0.308. The highest BCUT2D eigenvalue weighted by atomic mass is 32.2. The van der Waals surface area contributed by atoms with Crippen molar-refractivity contribution in [2.75, 3.05) is 0 Å². The first kappa shape index (κ1) is 14.0. The molecule has 0 aliphatic carbocycles. The first-order chi connectivity index (χ1) is 9.15. The summed E-state index contributed by atoms with van der Waals surface area (Å²) in [5.74, 6) is -0.304. The highest BCUT2D eigenvalue weighted by molar-refractivity contribution is 8.33. The summed E-state index contributed by atoms with van der Waals surface area (Å²) in [5.41, 5.74) is 0.947. The Kier molecular flexibility index (Phi) is 4.93. The minimum atomic E-state index is -0.359. The van der Waals surface area contributed by atoms with Gasteiger partial charge in [-0.1, -0.05) is 42.5 Å². The van der Waals surface area contributed by atoms with Crippen LogP contribution in [0.3, 0.4) is 0 Å². The molecule has 1 heterocycles. The Morgan fingerprint density at radius 2 is 2.11 bits per heavy atom. The fourth-order valence-electron chi connectivity index (χ4n) is 1.66. The van der Waals surface area contributed by atoms with Crippen molar-refractivity contribution in [3.8, 4) is 0 Å². The molecule has 0 amide bonds. The molecule has 0 saturated carbocycles. The number of nitrogens with one attached hydrogen (secondary N) is 1. The molecule has 1 aliphatic heterocycles. The van der Waals surface area contributed by atoms with Gasteiger partial charge in [-0.05, 0) is 23.7 Å². The van der Waals surface area contributed by atoms with Crippen LogP contribution in [0, 0.1) is 0 Å². The number of esters is 1. The van der Waals surface area contributed by atoms with Crippen molar-refractivity contribution in [2.24, 2.45) is 0 Å². The zero-order valence-electron chi connectivity index (χ0n) is 10.1. The van der Waals surface area contributed by atoms with E-state index in [2.05, 4.69) is 5.32 Å². The molecule has 1 aromatic carbocycles. The topological polar surface area (TPSA) is 55.4 Å². The number of rotatable bonds is 5. The van der Waals surface area contributed by atoms with Gasteiger partial charge in [0.25, 0.3) is 0 Å². The maximum absolute atomic E-state index is 11.6. The second-order valence-electron chi connectivity index (χ2n) is 4.09. The van der Waals surface area contributed by atoms with E-state index in [1.807, 2.05) is 30.3 Å². The monoisotopic (exact) mass is 295 g/mol. The van der Waals surface area contributed by atoms with Crippen molar-refractivity contribution in [2.45, 2.75) is 25.5 Å². The number of ether oxygens (including phenoxy) is 1. The Hall–Kier alpha value is -1.40. The third-order valence-electron chi connectivity index (χ3n) is 2.65. The molecule has 1 fully saturated rings. The van der Waals surface area contributed by atoms with Crippen molar-refractivity contribution < 1.29 is 14.3 Å².